The number of rotatable bonds is 8. The summed E-state index contributed by atoms with van der Waals surface area (Å²) in [5, 5.41) is 2.97. The van der Waals surface area contributed by atoms with Crippen molar-refractivity contribution in [3.63, 3.8) is 0 Å². The van der Waals surface area contributed by atoms with Gasteiger partial charge in [-0.3, -0.25) is 4.79 Å². The first-order valence-electron chi connectivity index (χ1n) is 8.41. The Morgan fingerprint density at radius 3 is 2.56 bits per heavy atom. The number of hydrogen-bond donors (Lipinski definition) is 1. The largest absolute Gasteiger partial charge is 0.468 e. The Morgan fingerprint density at radius 1 is 1.16 bits per heavy atom. The van der Waals surface area contributed by atoms with Gasteiger partial charge in [-0.15, -0.1) is 0 Å². The van der Waals surface area contributed by atoms with E-state index in [2.05, 4.69) is 5.32 Å². The highest BCUT2D eigenvalue weighted by molar-refractivity contribution is 5.82. The molecule has 132 valence electrons. The summed E-state index contributed by atoms with van der Waals surface area (Å²) < 4.78 is 23.1. The van der Waals surface area contributed by atoms with Crippen LogP contribution in [0.2, 0.25) is 0 Å². The molecule has 2 aromatic rings. The molecule has 1 aliphatic carbocycles. The molecule has 4 nitrogen and oxygen atoms in total. The van der Waals surface area contributed by atoms with Crippen LogP contribution in [0.4, 0.5) is 4.39 Å². The predicted octanol–water partition coefficient (Wildman–Crippen LogP) is 3.27. The van der Waals surface area contributed by atoms with Crippen LogP contribution >= 0.6 is 0 Å². The number of hydrogen-bond acceptors (Lipinski definition) is 3. The van der Waals surface area contributed by atoms with Gasteiger partial charge in [0.05, 0.1) is 0 Å². The standard InChI is InChI=1S/C20H22FNO3/c1-24-13-25-17-8-4-15(5-9-17)18-12-19(18)20(23)22-11-10-14-2-6-16(21)7-3-14/h2-9,18-19H,10-13H2,1H3,(H,22,23). The molecule has 2 atom stereocenters. The molecular formula is C20H22FNO3. The quantitative estimate of drug-likeness (QED) is 0.749. The van der Waals surface area contributed by atoms with Gasteiger partial charge in [-0.1, -0.05) is 24.3 Å². The molecule has 1 fully saturated rings. The van der Waals surface area contributed by atoms with E-state index in [1.165, 1.54) is 12.1 Å². The van der Waals surface area contributed by atoms with Gasteiger partial charge in [0.1, 0.15) is 11.6 Å². The highest BCUT2D eigenvalue weighted by Crippen LogP contribution is 2.47. The summed E-state index contributed by atoms with van der Waals surface area (Å²) in [7, 11) is 1.58. The van der Waals surface area contributed by atoms with E-state index < -0.39 is 0 Å². The van der Waals surface area contributed by atoms with Crippen molar-refractivity contribution in [3.05, 3.63) is 65.5 Å². The molecule has 25 heavy (non-hydrogen) atoms. The Balaban J connectivity index is 1.43. The van der Waals surface area contributed by atoms with E-state index in [1.54, 1.807) is 19.2 Å². The normalized spacial score (nSPS) is 18.6. The van der Waals surface area contributed by atoms with E-state index in [4.69, 9.17) is 9.47 Å². The molecule has 5 heteroatoms. The highest BCUT2D eigenvalue weighted by atomic mass is 19.1. The van der Waals surface area contributed by atoms with Gasteiger partial charge >= 0.3 is 0 Å². The zero-order valence-corrected chi connectivity index (χ0v) is 14.2. The Kier molecular flexibility index (Phi) is 5.66. The molecule has 0 spiro atoms. The van der Waals surface area contributed by atoms with Crippen LogP contribution in [0, 0.1) is 11.7 Å². The minimum absolute atomic E-state index is 0.0407. The zero-order valence-electron chi connectivity index (χ0n) is 14.2. The Morgan fingerprint density at radius 2 is 1.88 bits per heavy atom. The summed E-state index contributed by atoms with van der Waals surface area (Å²) >= 11 is 0. The van der Waals surface area contributed by atoms with Crippen LogP contribution in [0.1, 0.15) is 23.5 Å². The third-order valence-electron chi connectivity index (χ3n) is 4.41. The lowest BCUT2D eigenvalue weighted by Gasteiger charge is -2.07. The minimum Gasteiger partial charge on any atom is -0.468 e. The first kappa shape index (κ1) is 17.4. The third kappa shape index (κ3) is 4.79. The van der Waals surface area contributed by atoms with Crippen molar-refractivity contribution in [1.82, 2.24) is 5.32 Å². The van der Waals surface area contributed by atoms with Gasteiger partial charge in [0.2, 0.25) is 5.91 Å². The molecule has 0 radical (unpaired) electrons. The fraction of sp³-hybridized carbons (Fsp3) is 0.350. The summed E-state index contributed by atoms with van der Waals surface area (Å²) in [6.07, 6.45) is 1.58. The Bertz CT molecular complexity index is 700. The predicted molar refractivity (Wildman–Crippen MR) is 92.9 cm³/mol. The average Bonchev–Trinajstić information content (AvgIpc) is 3.43. The lowest BCUT2D eigenvalue weighted by molar-refractivity contribution is -0.122. The maximum atomic E-state index is 12.9. The lowest BCUT2D eigenvalue weighted by Crippen LogP contribution is -2.27. The molecule has 0 bridgehead atoms. The molecule has 1 N–H and O–H groups in total. The average molecular weight is 343 g/mol. The summed E-state index contributed by atoms with van der Waals surface area (Å²) in [6.45, 7) is 0.791. The summed E-state index contributed by atoms with van der Waals surface area (Å²) in [6, 6.07) is 14.2. The van der Waals surface area contributed by atoms with Gasteiger partial charge in [-0.05, 0) is 54.2 Å². The topological polar surface area (TPSA) is 47.6 Å². The molecule has 0 aliphatic heterocycles. The van der Waals surface area contributed by atoms with E-state index in [0.29, 0.717) is 13.0 Å². The molecule has 0 saturated heterocycles. The number of methoxy groups -OCH3 is 1. The third-order valence-corrected chi connectivity index (χ3v) is 4.41. The van der Waals surface area contributed by atoms with Crippen molar-refractivity contribution in [2.75, 3.05) is 20.4 Å². The van der Waals surface area contributed by atoms with Crippen LogP contribution in [0.3, 0.4) is 0 Å². The zero-order chi connectivity index (χ0) is 17.6. The van der Waals surface area contributed by atoms with Crippen LogP contribution in [0.5, 0.6) is 5.75 Å². The first-order chi connectivity index (χ1) is 12.2. The summed E-state index contributed by atoms with van der Waals surface area (Å²) in [5.74, 6) is 0.923. The van der Waals surface area contributed by atoms with Crippen molar-refractivity contribution in [1.29, 1.82) is 0 Å². The van der Waals surface area contributed by atoms with E-state index in [-0.39, 0.29) is 30.4 Å². The van der Waals surface area contributed by atoms with E-state index >= 15 is 0 Å². The van der Waals surface area contributed by atoms with Crippen molar-refractivity contribution in [2.24, 2.45) is 5.92 Å². The van der Waals surface area contributed by atoms with Gasteiger partial charge in [-0.25, -0.2) is 4.39 Å². The maximum absolute atomic E-state index is 12.9. The van der Waals surface area contributed by atoms with Crippen LogP contribution in [0.25, 0.3) is 0 Å². The van der Waals surface area contributed by atoms with E-state index in [0.717, 1.165) is 23.3 Å². The van der Waals surface area contributed by atoms with E-state index in [1.807, 2.05) is 24.3 Å². The molecular weight excluding hydrogens is 321 g/mol. The molecule has 1 amide bonds. The first-order valence-corrected chi connectivity index (χ1v) is 8.41. The molecule has 2 unspecified atom stereocenters. The summed E-state index contributed by atoms with van der Waals surface area (Å²) in [4.78, 5) is 12.2. The Labute approximate surface area is 147 Å². The monoisotopic (exact) mass is 343 g/mol. The van der Waals surface area contributed by atoms with Gasteiger partial charge in [0.15, 0.2) is 6.79 Å². The SMILES string of the molecule is COCOc1ccc(C2CC2C(=O)NCCc2ccc(F)cc2)cc1. The van der Waals surface area contributed by atoms with Gasteiger partial charge in [0, 0.05) is 19.6 Å². The van der Waals surface area contributed by atoms with Crippen LogP contribution < -0.4 is 10.1 Å². The maximum Gasteiger partial charge on any atom is 0.223 e. The Hall–Kier alpha value is -2.40. The number of halogens is 1. The van der Waals surface area contributed by atoms with Crippen molar-refractivity contribution in [2.45, 2.75) is 18.8 Å². The molecule has 3 rings (SSSR count). The molecule has 1 aliphatic rings. The van der Waals surface area contributed by atoms with Gasteiger partial charge in [-0.2, -0.15) is 0 Å². The number of benzene rings is 2. The number of amides is 1. The number of carbonyl (C=O) groups excluding carboxylic acids is 1. The molecule has 2 aromatic carbocycles. The number of carbonyl (C=O) groups is 1. The van der Waals surface area contributed by atoms with Crippen molar-refractivity contribution >= 4 is 5.91 Å². The van der Waals surface area contributed by atoms with Crippen molar-refractivity contribution in [3.8, 4) is 5.75 Å². The van der Waals surface area contributed by atoms with Crippen molar-refractivity contribution < 1.29 is 18.7 Å². The minimum atomic E-state index is -0.243. The second-order valence-corrected chi connectivity index (χ2v) is 6.24. The van der Waals surface area contributed by atoms with Crippen LogP contribution in [-0.4, -0.2) is 26.4 Å². The lowest BCUT2D eigenvalue weighted by atomic mass is 10.1. The van der Waals surface area contributed by atoms with E-state index in [9.17, 15) is 9.18 Å². The van der Waals surface area contributed by atoms with Crippen LogP contribution in [-0.2, 0) is 16.0 Å². The highest BCUT2D eigenvalue weighted by Gasteiger charge is 2.43. The fourth-order valence-corrected chi connectivity index (χ4v) is 2.90. The molecule has 0 heterocycles. The molecule has 1 saturated carbocycles. The van der Waals surface area contributed by atoms with Gasteiger partial charge < -0.3 is 14.8 Å². The number of ether oxygens (including phenoxy) is 2. The summed E-state index contributed by atoms with van der Waals surface area (Å²) in [5.41, 5.74) is 2.17. The second-order valence-electron chi connectivity index (χ2n) is 6.24. The number of nitrogens with one attached hydrogen (secondary N) is 1. The van der Waals surface area contributed by atoms with Crippen LogP contribution in [0.15, 0.2) is 48.5 Å². The van der Waals surface area contributed by atoms with Gasteiger partial charge in [0.25, 0.3) is 0 Å². The molecule has 0 aromatic heterocycles. The fourth-order valence-electron chi connectivity index (χ4n) is 2.90. The second kappa shape index (κ2) is 8.12. The smallest absolute Gasteiger partial charge is 0.223 e.